The molecule has 1 aliphatic heterocycles. The van der Waals surface area contributed by atoms with Gasteiger partial charge in [-0.25, -0.2) is 0 Å². The van der Waals surface area contributed by atoms with E-state index in [9.17, 15) is 14.9 Å². The number of non-ortho nitro benzene ring substituents is 1. The predicted molar refractivity (Wildman–Crippen MR) is 104 cm³/mol. The normalized spacial score (nSPS) is 16.1. The molecule has 146 valence electrons. The zero-order chi connectivity index (χ0) is 19.7. The molecule has 0 spiro atoms. The van der Waals surface area contributed by atoms with Crippen molar-refractivity contribution >= 4 is 17.3 Å². The molecule has 0 bridgehead atoms. The maximum absolute atomic E-state index is 13.1. The third-order valence-electron chi connectivity index (χ3n) is 5.43. The summed E-state index contributed by atoms with van der Waals surface area (Å²) in [5.41, 5.74) is 1.99. The predicted octanol–water partition coefficient (Wildman–Crippen LogP) is 4.13. The summed E-state index contributed by atoms with van der Waals surface area (Å²) in [7, 11) is 1.56. The maximum Gasteiger partial charge on any atom is 0.271 e. The number of ether oxygens (including phenoxy) is 2. The van der Waals surface area contributed by atoms with Gasteiger partial charge in [0, 0.05) is 24.2 Å². The number of fused-ring (bicyclic) bond motifs is 1. The molecule has 1 amide bonds. The lowest BCUT2D eigenvalue weighted by molar-refractivity contribution is -0.384. The lowest BCUT2D eigenvalue weighted by atomic mass is 10.1. The second-order valence-corrected chi connectivity index (χ2v) is 7.17. The maximum atomic E-state index is 13.1. The first-order chi connectivity index (χ1) is 13.6. The van der Waals surface area contributed by atoms with E-state index in [0.717, 1.165) is 18.4 Å². The Hall–Kier alpha value is -3.09. The van der Waals surface area contributed by atoms with Crippen molar-refractivity contribution in [1.82, 2.24) is 0 Å². The number of hydrogen-bond donors (Lipinski definition) is 0. The van der Waals surface area contributed by atoms with Crippen LogP contribution in [-0.4, -0.2) is 30.6 Å². The number of rotatable bonds is 5. The van der Waals surface area contributed by atoms with Gasteiger partial charge in [0.2, 0.25) is 0 Å². The van der Waals surface area contributed by atoms with E-state index in [1.54, 1.807) is 36.3 Å². The molecule has 1 heterocycles. The van der Waals surface area contributed by atoms with Gasteiger partial charge in [0.05, 0.1) is 23.8 Å². The molecule has 2 aromatic rings. The molecule has 0 atom stereocenters. The minimum Gasteiger partial charge on any atom is -0.493 e. The molecular formula is C21H22N2O5. The molecule has 1 saturated carbocycles. The molecule has 0 radical (unpaired) electrons. The van der Waals surface area contributed by atoms with Crippen molar-refractivity contribution in [3.63, 3.8) is 0 Å². The van der Waals surface area contributed by atoms with Crippen LogP contribution >= 0.6 is 0 Å². The Morgan fingerprint density at radius 2 is 1.93 bits per heavy atom. The molecule has 28 heavy (non-hydrogen) atoms. The van der Waals surface area contributed by atoms with Crippen molar-refractivity contribution in [2.75, 3.05) is 18.6 Å². The lowest BCUT2D eigenvalue weighted by Gasteiger charge is -2.19. The molecule has 0 unspecified atom stereocenters. The highest BCUT2D eigenvalue weighted by Gasteiger charge is 2.28. The van der Waals surface area contributed by atoms with Gasteiger partial charge in [0.25, 0.3) is 11.6 Å². The van der Waals surface area contributed by atoms with Gasteiger partial charge >= 0.3 is 0 Å². The van der Waals surface area contributed by atoms with Gasteiger partial charge in [0.1, 0.15) is 0 Å². The van der Waals surface area contributed by atoms with Gasteiger partial charge in [-0.15, -0.1) is 0 Å². The van der Waals surface area contributed by atoms with Crippen LogP contribution in [0.15, 0.2) is 36.4 Å². The fraction of sp³-hybridized carbons (Fsp3) is 0.381. The van der Waals surface area contributed by atoms with Gasteiger partial charge in [0.15, 0.2) is 11.5 Å². The average molecular weight is 382 g/mol. The molecular weight excluding hydrogens is 360 g/mol. The summed E-state index contributed by atoms with van der Waals surface area (Å²) in [5, 5.41) is 11.1. The quantitative estimate of drug-likeness (QED) is 0.574. The standard InChI is InChI=1S/C21H22N2O5/c1-27-20-12-15(7-9-19(20)28-17-4-2-3-5-17)21(24)22-11-10-14-6-8-16(23(25)26)13-18(14)22/h6-9,12-13,17H,2-5,10-11H2,1H3. The Labute approximate surface area is 163 Å². The first-order valence-electron chi connectivity index (χ1n) is 9.50. The van der Waals surface area contributed by atoms with Crippen LogP contribution in [0.2, 0.25) is 0 Å². The summed E-state index contributed by atoms with van der Waals surface area (Å²) >= 11 is 0. The van der Waals surface area contributed by atoms with Crippen molar-refractivity contribution in [3.8, 4) is 11.5 Å². The van der Waals surface area contributed by atoms with E-state index in [1.807, 2.05) is 0 Å². The number of hydrogen-bond acceptors (Lipinski definition) is 5. The van der Waals surface area contributed by atoms with Crippen molar-refractivity contribution in [1.29, 1.82) is 0 Å². The van der Waals surface area contributed by atoms with Crippen LogP contribution in [0.25, 0.3) is 0 Å². The van der Waals surface area contributed by atoms with Gasteiger partial charge in [-0.2, -0.15) is 0 Å². The molecule has 0 aromatic heterocycles. The Morgan fingerprint density at radius 3 is 2.64 bits per heavy atom. The van der Waals surface area contributed by atoms with Crippen molar-refractivity contribution < 1.29 is 19.2 Å². The number of nitro groups is 1. The van der Waals surface area contributed by atoms with Crippen LogP contribution < -0.4 is 14.4 Å². The number of anilines is 1. The van der Waals surface area contributed by atoms with Gasteiger partial charge in [-0.05, 0) is 55.9 Å². The highest BCUT2D eigenvalue weighted by Crippen LogP contribution is 2.35. The van der Waals surface area contributed by atoms with Crippen LogP contribution in [0.3, 0.4) is 0 Å². The minimum absolute atomic E-state index is 0.0173. The summed E-state index contributed by atoms with van der Waals surface area (Å²) < 4.78 is 11.5. The van der Waals surface area contributed by atoms with E-state index in [1.165, 1.54) is 25.0 Å². The van der Waals surface area contributed by atoms with Crippen LogP contribution in [0.1, 0.15) is 41.6 Å². The number of carbonyl (C=O) groups excluding carboxylic acids is 1. The van der Waals surface area contributed by atoms with Crippen molar-refractivity contribution in [2.24, 2.45) is 0 Å². The average Bonchev–Trinajstić information content (AvgIpc) is 3.36. The van der Waals surface area contributed by atoms with Gasteiger partial charge < -0.3 is 14.4 Å². The van der Waals surface area contributed by atoms with Crippen LogP contribution in [0.5, 0.6) is 11.5 Å². The summed E-state index contributed by atoms with van der Waals surface area (Å²) in [6.45, 7) is 0.498. The van der Waals surface area contributed by atoms with E-state index >= 15 is 0 Å². The highest BCUT2D eigenvalue weighted by atomic mass is 16.6. The summed E-state index contributed by atoms with van der Waals surface area (Å²) in [4.78, 5) is 25.3. The number of carbonyl (C=O) groups is 1. The summed E-state index contributed by atoms with van der Waals surface area (Å²) in [5.74, 6) is 0.963. The SMILES string of the molecule is COc1cc(C(=O)N2CCc3ccc([N+](=O)[O-])cc32)ccc1OC1CCCC1. The Balaban J connectivity index is 1.59. The zero-order valence-electron chi connectivity index (χ0n) is 15.7. The Morgan fingerprint density at radius 1 is 1.14 bits per heavy atom. The molecule has 0 saturated heterocycles. The molecule has 1 aliphatic carbocycles. The third-order valence-corrected chi connectivity index (χ3v) is 5.43. The van der Waals surface area contributed by atoms with E-state index in [-0.39, 0.29) is 17.7 Å². The van der Waals surface area contributed by atoms with Crippen LogP contribution in [0.4, 0.5) is 11.4 Å². The summed E-state index contributed by atoms with van der Waals surface area (Å²) in [6, 6.07) is 9.85. The number of amides is 1. The minimum atomic E-state index is -0.445. The smallest absolute Gasteiger partial charge is 0.271 e. The molecule has 2 aromatic carbocycles. The topological polar surface area (TPSA) is 81.9 Å². The molecule has 7 nitrogen and oxygen atoms in total. The molecule has 7 heteroatoms. The fourth-order valence-corrected chi connectivity index (χ4v) is 3.93. The van der Waals surface area contributed by atoms with Crippen molar-refractivity contribution in [3.05, 3.63) is 57.6 Å². The molecule has 4 rings (SSSR count). The van der Waals surface area contributed by atoms with E-state index < -0.39 is 4.92 Å². The Bertz CT molecular complexity index is 921. The van der Waals surface area contributed by atoms with Gasteiger partial charge in [-0.3, -0.25) is 14.9 Å². The monoisotopic (exact) mass is 382 g/mol. The number of nitrogens with zero attached hydrogens (tertiary/aromatic N) is 2. The number of benzene rings is 2. The zero-order valence-corrected chi connectivity index (χ0v) is 15.7. The number of methoxy groups -OCH3 is 1. The molecule has 2 aliphatic rings. The first kappa shape index (κ1) is 18.3. The highest BCUT2D eigenvalue weighted by molar-refractivity contribution is 6.07. The van der Waals surface area contributed by atoms with Crippen LogP contribution in [-0.2, 0) is 6.42 Å². The fourth-order valence-electron chi connectivity index (χ4n) is 3.93. The largest absolute Gasteiger partial charge is 0.493 e. The van der Waals surface area contributed by atoms with Crippen molar-refractivity contribution in [2.45, 2.75) is 38.2 Å². The third kappa shape index (κ3) is 3.40. The summed E-state index contributed by atoms with van der Waals surface area (Å²) in [6.07, 6.45) is 5.29. The van der Waals surface area contributed by atoms with E-state index in [4.69, 9.17) is 9.47 Å². The molecule has 1 fully saturated rings. The second-order valence-electron chi connectivity index (χ2n) is 7.17. The van der Waals surface area contributed by atoms with E-state index in [0.29, 0.717) is 35.7 Å². The number of nitro benzene ring substituents is 1. The first-order valence-corrected chi connectivity index (χ1v) is 9.50. The lowest BCUT2D eigenvalue weighted by Crippen LogP contribution is -2.29. The van der Waals surface area contributed by atoms with Crippen LogP contribution in [0, 0.1) is 10.1 Å². The van der Waals surface area contributed by atoms with E-state index in [2.05, 4.69) is 0 Å². The molecule has 0 N–H and O–H groups in total. The second kappa shape index (κ2) is 7.50. The Kier molecular flexibility index (Phi) is 4.90. The van der Waals surface area contributed by atoms with Gasteiger partial charge in [-0.1, -0.05) is 6.07 Å².